The Morgan fingerprint density at radius 2 is 2.13 bits per heavy atom. The molecule has 0 fully saturated rings. The first-order valence-corrected chi connectivity index (χ1v) is 5.63. The Labute approximate surface area is 91.2 Å². The highest BCUT2D eigenvalue weighted by Crippen LogP contribution is 2.23. The number of primary amides is 1. The lowest BCUT2D eigenvalue weighted by atomic mass is 10.5. The first-order valence-electron chi connectivity index (χ1n) is 3.77. The Hall–Kier alpha value is -1.28. The molecule has 0 radical (unpaired) electrons. The van der Waals surface area contributed by atoms with E-state index in [-0.39, 0.29) is 15.7 Å². The zero-order valence-corrected chi connectivity index (χ0v) is 9.56. The van der Waals surface area contributed by atoms with Crippen molar-refractivity contribution in [2.75, 3.05) is 0 Å². The summed E-state index contributed by atoms with van der Waals surface area (Å²) in [5.41, 5.74) is 4.91. The molecule has 3 N–H and O–H groups in total. The number of halogens is 1. The van der Waals surface area contributed by atoms with Crippen LogP contribution in [0.25, 0.3) is 0 Å². The summed E-state index contributed by atoms with van der Waals surface area (Å²) in [6.07, 6.45) is 0. The number of carbonyl (C=O) groups is 1. The third-order valence-electron chi connectivity index (χ3n) is 1.60. The molecule has 0 aromatic carbocycles. The second kappa shape index (κ2) is 3.70. The van der Waals surface area contributed by atoms with Gasteiger partial charge in [0, 0.05) is 7.05 Å². The first-order chi connectivity index (χ1) is 6.75. The molecule has 1 aromatic rings. The minimum Gasteiger partial charge on any atom is -0.351 e. The number of sulfonamides is 1. The van der Waals surface area contributed by atoms with Crippen molar-refractivity contribution in [2.24, 2.45) is 12.8 Å². The number of urea groups is 1. The molecule has 0 bridgehead atoms. The van der Waals surface area contributed by atoms with Crippen LogP contribution in [0.2, 0.25) is 5.15 Å². The molecular formula is C6H9ClN4O3S. The van der Waals surface area contributed by atoms with Gasteiger partial charge in [-0.1, -0.05) is 11.6 Å². The van der Waals surface area contributed by atoms with E-state index < -0.39 is 16.1 Å². The van der Waals surface area contributed by atoms with Crippen LogP contribution in [0.4, 0.5) is 4.79 Å². The van der Waals surface area contributed by atoms with Crippen LogP contribution >= 0.6 is 11.6 Å². The molecule has 0 saturated heterocycles. The molecule has 0 aliphatic rings. The van der Waals surface area contributed by atoms with Crippen LogP contribution in [0.15, 0.2) is 4.90 Å². The first kappa shape index (κ1) is 11.8. The third-order valence-corrected chi connectivity index (χ3v) is 3.65. The van der Waals surface area contributed by atoms with Crippen molar-refractivity contribution in [2.45, 2.75) is 11.8 Å². The van der Waals surface area contributed by atoms with Gasteiger partial charge in [-0.25, -0.2) is 17.9 Å². The number of aromatic nitrogens is 2. The maximum Gasteiger partial charge on any atom is 0.326 e. The molecule has 15 heavy (non-hydrogen) atoms. The fourth-order valence-electron chi connectivity index (χ4n) is 1.10. The molecule has 0 aliphatic heterocycles. The molecule has 7 nitrogen and oxygen atoms in total. The Morgan fingerprint density at radius 1 is 1.60 bits per heavy atom. The maximum atomic E-state index is 11.5. The van der Waals surface area contributed by atoms with E-state index in [9.17, 15) is 13.2 Å². The van der Waals surface area contributed by atoms with E-state index in [4.69, 9.17) is 17.3 Å². The van der Waals surface area contributed by atoms with Crippen molar-refractivity contribution in [1.29, 1.82) is 0 Å². The molecule has 2 amide bonds. The van der Waals surface area contributed by atoms with Crippen LogP contribution in [-0.4, -0.2) is 24.2 Å². The van der Waals surface area contributed by atoms with E-state index in [1.54, 1.807) is 4.72 Å². The summed E-state index contributed by atoms with van der Waals surface area (Å²) in [4.78, 5) is 10.2. The van der Waals surface area contributed by atoms with Gasteiger partial charge in [0.2, 0.25) is 0 Å². The van der Waals surface area contributed by atoms with Crippen LogP contribution in [0.3, 0.4) is 0 Å². The van der Waals surface area contributed by atoms with Crippen molar-refractivity contribution >= 4 is 27.7 Å². The zero-order valence-electron chi connectivity index (χ0n) is 7.98. The number of carbonyl (C=O) groups excluding carboxylic acids is 1. The SMILES string of the molecule is Cc1nn(C)c(Cl)c1S(=O)(=O)NC(N)=O. The van der Waals surface area contributed by atoms with Crippen LogP contribution in [0, 0.1) is 6.92 Å². The largest absolute Gasteiger partial charge is 0.351 e. The van der Waals surface area contributed by atoms with Crippen LogP contribution in [0.5, 0.6) is 0 Å². The lowest BCUT2D eigenvalue weighted by Crippen LogP contribution is -2.35. The molecule has 9 heteroatoms. The average molecular weight is 253 g/mol. The maximum absolute atomic E-state index is 11.5. The Balaban J connectivity index is 3.33. The van der Waals surface area contributed by atoms with Crippen molar-refractivity contribution < 1.29 is 13.2 Å². The number of rotatable bonds is 2. The number of hydrogen-bond donors (Lipinski definition) is 2. The molecule has 1 rings (SSSR count). The summed E-state index contributed by atoms with van der Waals surface area (Å²) in [6, 6.07) is -1.17. The standard InChI is InChI=1S/C6H9ClN4O3S/c1-3-4(5(7)11(2)9-3)15(13,14)10-6(8)12/h1-2H3,(H3,8,10,12). The van der Waals surface area contributed by atoms with E-state index in [1.807, 2.05) is 0 Å². The van der Waals surface area contributed by atoms with E-state index in [2.05, 4.69) is 5.10 Å². The molecule has 1 heterocycles. The molecule has 0 aliphatic carbocycles. The molecule has 84 valence electrons. The van der Waals surface area contributed by atoms with Crippen LogP contribution in [0.1, 0.15) is 5.69 Å². The zero-order chi connectivity index (χ0) is 11.8. The molecule has 0 unspecified atom stereocenters. The van der Waals surface area contributed by atoms with Gasteiger partial charge < -0.3 is 5.73 Å². The van der Waals surface area contributed by atoms with Gasteiger partial charge in [-0.3, -0.25) is 4.68 Å². The lowest BCUT2D eigenvalue weighted by molar-refractivity contribution is 0.253. The second-order valence-corrected chi connectivity index (χ2v) is 4.78. The minimum atomic E-state index is -4.04. The van der Waals surface area contributed by atoms with Gasteiger partial charge in [-0.05, 0) is 6.92 Å². The summed E-state index contributed by atoms with van der Waals surface area (Å²) in [5, 5.41) is 3.72. The smallest absolute Gasteiger partial charge is 0.326 e. The van der Waals surface area contributed by atoms with Crippen molar-refractivity contribution in [3.05, 3.63) is 10.8 Å². The Morgan fingerprint density at radius 3 is 2.47 bits per heavy atom. The average Bonchev–Trinajstić information content (AvgIpc) is 2.23. The predicted octanol–water partition coefficient (Wildman–Crippen LogP) is -0.261. The summed E-state index contributed by atoms with van der Waals surface area (Å²) in [6.45, 7) is 1.46. The molecular weight excluding hydrogens is 244 g/mol. The topological polar surface area (TPSA) is 107 Å². The lowest BCUT2D eigenvalue weighted by Gasteiger charge is -2.02. The van der Waals surface area contributed by atoms with E-state index in [0.717, 1.165) is 0 Å². The van der Waals surface area contributed by atoms with Gasteiger partial charge in [0.1, 0.15) is 10.0 Å². The number of nitrogens with two attached hydrogens (primary N) is 1. The number of nitrogens with one attached hydrogen (secondary N) is 1. The summed E-state index contributed by atoms with van der Waals surface area (Å²) >= 11 is 5.71. The normalized spacial score (nSPS) is 11.4. The van der Waals surface area contributed by atoms with Crippen molar-refractivity contribution in [3.63, 3.8) is 0 Å². The fraction of sp³-hybridized carbons (Fsp3) is 0.333. The van der Waals surface area contributed by atoms with Gasteiger partial charge in [0.15, 0.2) is 0 Å². The summed E-state index contributed by atoms with van der Waals surface area (Å²) in [7, 11) is -2.56. The second-order valence-electron chi connectivity index (χ2n) is 2.80. The summed E-state index contributed by atoms with van der Waals surface area (Å²) < 4.78 is 25.9. The molecule has 0 atom stereocenters. The van der Waals surface area contributed by atoms with Crippen molar-refractivity contribution in [1.82, 2.24) is 14.5 Å². The Bertz CT molecular complexity index is 507. The number of hydrogen-bond acceptors (Lipinski definition) is 4. The number of amides is 2. The highest BCUT2D eigenvalue weighted by atomic mass is 35.5. The van der Waals surface area contributed by atoms with Crippen molar-refractivity contribution in [3.8, 4) is 0 Å². The van der Waals surface area contributed by atoms with Crippen LogP contribution < -0.4 is 10.5 Å². The van der Waals surface area contributed by atoms with Gasteiger partial charge in [0.25, 0.3) is 10.0 Å². The molecule has 1 aromatic heterocycles. The third kappa shape index (κ3) is 2.21. The highest BCUT2D eigenvalue weighted by molar-refractivity contribution is 7.90. The Kier molecular flexibility index (Phi) is 2.91. The molecule has 0 spiro atoms. The quantitative estimate of drug-likeness (QED) is 0.756. The molecule has 0 saturated carbocycles. The van der Waals surface area contributed by atoms with Gasteiger partial charge >= 0.3 is 6.03 Å². The number of nitrogens with zero attached hydrogens (tertiary/aromatic N) is 2. The van der Waals surface area contributed by atoms with E-state index in [1.165, 1.54) is 18.7 Å². The van der Waals surface area contributed by atoms with Gasteiger partial charge in [-0.2, -0.15) is 5.10 Å². The van der Waals surface area contributed by atoms with E-state index in [0.29, 0.717) is 0 Å². The monoisotopic (exact) mass is 252 g/mol. The van der Waals surface area contributed by atoms with Gasteiger partial charge in [-0.15, -0.1) is 0 Å². The predicted molar refractivity (Wildman–Crippen MR) is 52.9 cm³/mol. The van der Waals surface area contributed by atoms with Gasteiger partial charge in [0.05, 0.1) is 5.69 Å². The highest BCUT2D eigenvalue weighted by Gasteiger charge is 2.26. The fourth-order valence-corrected chi connectivity index (χ4v) is 2.73. The number of aryl methyl sites for hydroxylation is 2. The summed E-state index contributed by atoms with van der Waals surface area (Å²) in [5.74, 6) is 0. The van der Waals surface area contributed by atoms with Crippen LogP contribution in [-0.2, 0) is 17.1 Å². The minimum absolute atomic E-state index is 0.0822. The van der Waals surface area contributed by atoms with E-state index >= 15 is 0 Å².